The molecule has 2 aromatic rings. The summed E-state index contributed by atoms with van der Waals surface area (Å²) < 4.78 is 0. The van der Waals surface area contributed by atoms with Crippen LogP contribution >= 0.6 is 11.8 Å². The number of nitrogens with one attached hydrogen (secondary N) is 11. The third-order valence-electron chi connectivity index (χ3n) is 16.3. The third-order valence-corrected chi connectivity index (χ3v) is 17.0. The molecule has 37 heteroatoms. The summed E-state index contributed by atoms with van der Waals surface area (Å²) in [6, 6.07) is -11.2. The zero-order chi connectivity index (χ0) is 73.7. The van der Waals surface area contributed by atoms with Crippen LogP contribution in [0.5, 0.6) is 0 Å². The Morgan fingerprint density at radius 3 is 1.69 bits per heavy atom. The zero-order valence-corrected chi connectivity index (χ0v) is 56.8. The van der Waals surface area contributed by atoms with E-state index in [1.807, 2.05) is 0 Å². The van der Waals surface area contributed by atoms with Gasteiger partial charge >= 0.3 is 11.9 Å². The van der Waals surface area contributed by atoms with Crippen molar-refractivity contribution in [3.05, 3.63) is 36.0 Å². The Morgan fingerprint density at radius 1 is 0.612 bits per heavy atom. The summed E-state index contributed by atoms with van der Waals surface area (Å²) in [7, 11) is 0. The van der Waals surface area contributed by atoms with Crippen molar-refractivity contribution in [2.45, 2.75) is 191 Å². The van der Waals surface area contributed by atoms with Gasteiger partial charge in [-0.05, 0) is 87.8 Å². The molecule has 0 saturated carbocycles. The smallest absolute Gasteiger partial charge is 0.325 e. The minimum atomic E-state index is -1.89. The fourth-order valence-corrected chi connectivity index (χ4v) is 10.7. The molecule has 1 aliphatic rings. The number of primary amides is 2. The minimum Gasteiger partial charge on any atom is -0.481 e. The van der Waals surface area contributed by atoms with Crippen molar-refractivity contribution in [1.29, 1.82) is 0 Å². The number of H-pyrrole nitrogens is 1. The maximum atomic E-state index is 14.8. The van der Waals surface area contributed by atoms with E-state index in [1.54, 1.807) is 64.4 Å². The van der Waals surface area contributed by atoms with Gasteiger partial charge in [-0.1, -0.05) is 58.7 Å². The number of aromatic amines is 1. The first-order chi connectivity index (χ1) is 46.2. The molecule has 98 heavy (non-hydrogen) atoms. The fraction of sp³-hybridized carbons (Fsp3) is 0.607. The number of para-hydroxylation sites is 1. The molecular formula is C61H96N18O18S. The normalized spacial score (nSPS) is 16.7. The molecule has 1 aromatic heterocycles. The lowest BCUT2D eigenvalue weighted by Gasteiger charge is -2.33. The molecule has 0 unspecified atom stereocenters. The van der Waals surface area contributed by atoms with Crippen LogP contribution in [0.25, 0.3) is 10.9 Å². The fourth-order valence-electron chi connectivity index (χ4n) is 10.2. The van der Waals surface area contributed by atoms with Crippen LogP contribution in [0.2, 0.25) is 0 Å². The number of amides is 13. The minimum absolute atomic E-state index is 0.0182. The molecular weight excluding hydrogens is 1300 g/mol. The number of nitrogens with two attached hydrogens (primary N) is 5. The van der Waals surface area contributed by atoms with Gasteiger partial charge < -0.3 is 107 Å². The number of aliphatic imine (C=N–C) groups is 1. The van der Waals surface area contributed by atoms with Crippen molar-refractivity contribution in [2.24, 2.45) is 45.5 Å². The van der Waals surface area contributed by atoms with Gasteiger partial charge in [-0.25, -0.2) is 0 Å². The molecule has 1 saturated heterocycles. The lowest BCUT2D eigenvalue weighted by Crippen LogP contribution is -2.62. The van der Waals surface area contributed by atoms with Crippen LogP contribution in [0.15, 0.2) is 35.5 Å². The van der Waals surface area contributed by atoms with Gasteiger partial charge in [-0.3, -0.25) is 76.9 Å². The van der Waals surface area contributed by atoms with E-state index in [0.29, 0.717) is 35.1 Å². The molecule has 13 amide bonds. The van der Waals surface area contributed by atoms with Gasteiger partial charge in [0.25, 0.3) is 0 Å². The Morgan fingerprint density at radius 2 is 1.12 bits per heavy atom. The molecule has 24 N–H and O–H groups in total. The molecule has 2 heterocycles. The molecule has 0 aliphatic carbocycles. The van der Waals surface area contributed by atoms with Gasteiger partial charge in [0.1, 0.15) is 66.5 Å². The lowest BCUT2D eigenvalue weighted by molar-refractivity contribution is -0.144. The van der Waals surface area contributed by atoms with E-state index in [0.717, 1.165) is 0 Å². The number of likely N-dealkylation sites (tertiary alicyclic amines) is 1. The van der Waals surface area contributed by atoms with Crippen LogP contribution in [-0.4, -0.2) is 224 Å². The highest BCUT2D eigenvalue weighted by Gasteiger charge is 2.43. The van der Waals surface area contributed by atoms with Gasteiger partial charge in [0.05, 0.1) is 25.5 Å². The second kappa shape index (κ2) is 40.8. The first-order valence-corrected chi connectivity index (χ1v) is 33.4. The van der Waals surface area contributed by atoms with Crippen LogP contribution in [0.4, 0.5) is 0 Å². The topological polar surface area (TPSA) is 599 Å². The number of carbonyl (C=O) groups is 15. The van der Waals surface area contributed by atoms with E-state index < -0.39 is 205 Å². The number of carboxylic acid groups (broad SMARTS) is 2. The number of aliphatic carboxylic acids is 2. The Hall–Kier alpha value is -9.65. The number of aliphatic hydroxyl groups is 1. The van der Waals surface area contributed by atoms with Gasteiger partial charge in [-0.2, -0.15) is 11.8 Å². The average Bonchev–Trinajstić information content (AvgIpc) is 1.61. The van der Waals surface area contributed by atoms with Crippen molar-refractivity contribution in [3.63, 3.8) is 0 Å². The summed E-state index contributed by atoms with van der Waals surface area (Å²) in [5, 5.41) is 54.3. The second-order valence-corrected chi connectivity index (χ2v) is 24.9. The van der Waals surface area contributed by atoms with Crippen molar-refractivity contribution in [2.75, 3.05) is 31.7 Å². The number of hydrogen-bond donors (Lipinski definition) is 19. The number of benzene rings is 1. The number of hydrogen-bond acceptors (Lipinski definition) is 19. The van der Waals surface area contributed by atoms with Crippen LogP contribution in [0.3, 0.4) is 0 Å². The van der Waals surface area contributed by atoms with Crippen LogP contribution < -0.4 is 81.8 Å². The largest absolute Gasteiger partial charge is 0.481 e. The number of rotatable bonds is 43. The van der Waals surface area contributed by atoms with Crippen molar-refractivity contribution in [1.82, 2.24) is 63.1 Å². The van der Waals surface area contributed by atoms with Crippen molar-refractivity contribution in [3.8, 4) is 0 Å². The molecule has 14 atom stereocenters. The zero-order valence-electron chi connectivity index (χ0n) is 55.9. The molecule has 3 rings (SSSR count). The molecule has 0 spiro atoms. The number of carboxylic acids is 2. The van der Waals surface area contributed by atoms with Gasteiger partial charge in [0.2, 0.25) is 76.8 Å². The predicted molar refractivity (Wildman–Crippen MR) is 356 cm³/mol. The van der Waals surface area contributed by atoms with Crippen molar-refractivity contribution < 1.29 is 87.2 Å². The second-order valence-electron chi connectivity index (χ2n) is 24.0. The number of guanidine groups is 1. The van der Waals surface area contributed by atoms with E-state index >= 15 is 0 Å². The standard InChI is InChI=1S/C61H96N18O18S/c1-8-29(3)47(77-50(86)35(62)15-12-21-67-61(65)66)58(94)75-40(25-44(63)81)54(90)73-41(26-45(64)82)55(91)78-48(30(4)9-2)59(95)79-22-13-17-43(79)57(93)74-39(24-33-27-68-36-16-11-10-14-34(33)36)53(89)76-42(28-80)56(92)72-37(18-19-46(83)84)51(87)69-31(5)49(85)71-38(20-23-98-7)52(88)70-32(6)60(96)97/h10-11,14,16,27,29-32,35,37-43,47-48,68,80H,8-9,12-13,15,17-26,28,62H2,1-7H3,(H2,63,81)(H2,64,82)(H,69,87)(H,70,88)(H,71,85)(H,72,92)(H,73,90)(H,74,93)(H,75,94)(H,76,89)(H,77,86)(H,78,91)(H,83,84)(H,96,97)(H4,65,66,67)/t29-,30-,31-,32-,35-,37-,38-,39-,40-,41-,42-,43-,47-,48-/m0/s1. The van der Waals surface area contributed by atoms with Gasteiger partial charge in [-0.15, -0.1) is 0 Å². The molecule has 0 bridgehead atoms. The van der Waals surface area contributed by atoms with E-state index in [1.165, 1.54) is 30.5 Å². The van der Waals surface area contributed by atoms with Crippen LogP contribution in [-0.2, 0) is 78.3 Å². The Kier molecular flexibility index (Phi) is 34.4. The summed E-state index contributed by atoms with van der Waals surface area (Å²) in [5.41, 5.74) is 29.0. The number of thioether (sulfide) groups is 1. The van der Waals surface area contributed by atoms with Crippen LogP contribution in [0, 0.1) is 11.8 Å². The lowest BCUT2D eigenvalue weighted by atomic mass is 9.96. The first kappa shape index (κ1) is 82.6. The molecule has 36 nitrogen and oxygen atoms in total. The van der Waals surface area contributed by atoms with E-state index in [4.69, 9.17) is 28.7 Å². The number of fused-ring (bicyclic) bond motifs is 1. The molecule has 1 fully saturated rings. The summed E-state index contributed by atoms with van der Waals surface area (Å²) in [6.45, 7) is 8.05. The quantitative estimate of drug-likeness (QED) is 0.0167. The number of nitrogens with zero attached hydrogens (tertiary/aromatic N) is 2. The highest BCUT2D eigenvalue weighted by molar-refractivity contribution is 7.98. The number of aliphatic hydroxyl groups excluding tert-OH is 1. The predicted octanol–water partition coefficient (Wildman–Crippen LogP) is -5.49. The molecule has 544 valence electrons. The Labute approximate surface area is 569 Å². The summed E-state index contributed by atoms with van der Waals surface area (Å²) in [6.07, 6.45) is 1.32. The van der Waals surface area contributed by atoms with E-state index in [9.17, 15) is 87.2 Å². The third kappa shape index (κ3) is 26.4. The maximum Gasteiger partial charge on any atom is 0.325 e. The Balaban J connectivity index is 1.91. The summed E-state index contributed by atoms with van der Waals surface area (Å²) in [4.78, 5) is 210. The number of aromatic nitrogens is 1. The molecule has 1 aromatic carbocycles. The monoisotopic (exact) mass is 1400 g/mol. The van der Waals surface area contributed by atoms with Gasteiger partial charge in [0, 0.05) is 43.0 Å². The van der Waals surface area contributed by atoms with E-state index in [-0.39, 0.29) is 57.6 Å². The average molecular weight is 1400 g/mol. The Bertz CT molecular complexity index is 3200. The first-order valence-electron chi connectivity index (χ1n) is 32.0. The summed E-state index contributed by atoms with van der Waals surface area (Å²) in [5.74, 6) is -16.8. The number of carbonyl (C=O) groups excluding carboxylic acids is 13. The summed E-state index contributed by atoms with van der Waals surface area (Å²) >= 11 is 1.33. The van der Waals surface area contributed by atoms with Crippen LogP contribution in [0.1, 0.15) is 118 Å². The SMILES string of the molecule is CC[C@H](C)[C@H](NC(=O)[C@@H](N)CCCN=C(N)N)C(=O)N[C@@H](CC(N)=O)C(=O)N[C@@H](CC(N)=O)C(=O)N[C@H](C(=O)N1CCC[C@H]1C(=O)N[C@@H](Cc1c[nH]c2ccccc12)C(=O)N[C@@H](CO)C(=O)N[C@@H](CCC(=O)O)C(=O)N[C@@H](C)C(=O)N[C@@H](CCSC)C(=O)N[C@@H](C)C(=O)O)[C@@H](C)CC. The highest BCUT2D eigenvalue weighted by atomic mass is 32.2. The van der Waals surface area contributed by atoms with Crippen molar-refractivity contribution >= 4 is 117 Å². The molecule has 1 aliphatic heterocycles. The van der Waals surface area contributed by atoms with Gasteiger partial charge in [0.15, 0.2) is 5.96 Å². The van der Waals surface area contributed by atoms with E-state index in [2.05, 4.69) is 63.1 Å². The highest BCUT2D eigenvalue weighted by Crippen LogP contribution is 2.24. The maximum absolute atomic E-state index is 14.8. The molecule has 0 radical (unpaired) electrons.